The van der Waals surface area contributed by atoms with Gasteiger partial charge in [-0.3, -0.25) is 4.79 Å². The number of aryl methyl sites for hydroxylation is 1. The molecule has 0 saturated heterocycles. The van der Waals surface area contributed by atoms with E-state index in [9.17, 15) is 18.0 Å². The molecular formula is C11H12F3NO. The number of anilines is 1. The molecule has 0 amide bonds. The Balaban J connectivity index is 2.77. The van der Waals surface area contributed by atoms with Gasteiger partial charge in [-0.2, -0.15) is 13.2 Å². The highest BCUT2D eigenvalue weighted by Gasteiger charge is 2.28. The van der Waals surface area contributed by atoms with Crippen molar-refractivity contribution in [1.82, 2.24) is 0 Å². The van der Waals surface area contributed by atoms with Gasteiger partial charge in [-0.05, 0) is 19.1 Å². The van der Waals surface area contributed by atoms with Gasteiger partial charge in [0, 0.05) is 17.7 Å². The monoisotopic (exact) mass is 231 g/mol. The summed E-state index contributed by atoms with van der Waals surface area (Å²) in [4.78, 5) is 11.5. The van der Waals surface area contributed by atoms with Crippen molar-refractivity contribution < 1.29 is 18.0 Å². The molecule has 1 rings (SSSR count). The fraction of sp³-hybridized carbons (Fsp3) is 0.364. The smallest absolute Gasteiger partial charge is 0.389 e. The molecule has 0 fully saturated rings. The van der Waals surface area contributed by atoms with Crippen LogP contribution in [0.1, 0.15) is 28.8 Å². The Kier molecular flexibility index (Phi) is 3.57. The lowest BCUT2D eigenvalue weighted by atomic mass is 10.0. The van der Waals surface area contributed by atoms with Crippen LogP contribution in [0, 0.1) is 6.92 Å². The predicted molar refractivity (Wildman–Crippen MR) is 55.2 cm³/mol. The first kappa shape index (κ1) is 12.5. The number of benzene rings is 1. The zero-order chi connectivity index (χ0) is 12.3. The van der Waals surface area contributed by atoms with E-state index < -0.39 is 24.8 Å². The summed E-state index contributed by atoms with van der Waals surface area (Å²) in [6, 6.07) is 4.74. The molecule has 0 spiro atoms. The Morgan fingerprint density at radius 1 is 1.38 bits per heavy atom. The van der Waals surface area contributed by atoms with Gasteiger partial charge in [0.15, 0.2) is 5.78 Å². The molecule has 88 valence electrons. The van der Waals surface area contributed by atoms with Gasteiger partial charge in [0.05, 0.1) is 6.42 Å². The van der Waals surface area contributed by atoms with Crippen molar-refractivity contribution in [3.8, 4) is 0 Å². The number of hydrogen-bond acceptors (Lipinski definition) is 2. The maximum absolute atomic E-state index is 11.9. The topological polar surface area (TPSA) is 43.1 Å². The van der Waals surface area contributed by atoms with Crippen molar-refractivity contribution in [2.24, 2.45) is 0 Å². The first-order valence-corrected chi connectivity index (χ1v) is 4.75. The molecule has 2 nitrogen and oxygen atoms in total. The van der Waals surface area contributed by atoms with E-state index in [1.165, 1.54) is 12.1 Å². The minimum atomic E-state index is -4.31. The Labute approximate surface area is 91.3 Å². The molecule has 0 saturated carbocycles. The second-order valence-electron chi connectivity index (χ2n) is 3.63. The molecule has 0 aliphatic carbocycles. The number of hydrogen-bond donors (Lipinski definition) is 1. The molecule has 0 unspecified atom stereocenters. The summed E-state index contributed by atoms with van der Waals surface area (Å²) in [5.74, 6) is -0.571. The zero-order valence-corrected chi connectivity index (χ0v) is 8.77. The average Bonchev–Trinajstić information content (AvgIpc) is 2.17. The van der Waals surface area contributed by atoms with E-state index in [-0.39, 0.29) is 11.3 Å². The fourth-order valence-corrected chi connectivity index (χ4v) is 1.30. The molecule has 2 N–H and O–H groups in total. The summed E-state index contributed by atoms with van der Waals surface area (Å²) in [7, 11) is 0. The van der Waals surface area contributed by atoms with Crippen molar-refractivity contribution in [1.29, 1.82) is 0 Å². The highest BCUT2D eigenvalue weighted by Crippen LogP contribution is 2.24. The average molecular weight is 231 g/mol. The third-order valence-corrected chi connectivity index (χ3v) is 2.14. The quantitative estimate of drug-likeness (QED) is 0.641. The number of halogens is 3. The second kappa shape index (κ2) is 4.55. The summed E-state index contributed by atoms with van der Waals surface area (Å²) >= 11 is 0. The summed E-state index contributed by atoms with van der Waals surface area (Å²) in [5.41, 5.74) is 6.71. The first-order chi connectivity index (χ1) is 7.29. The number of carbonyl (C=O) groups excluding carboxylic acids is 1. The number of alkyl halides is 3. The number of nitrogens with two attached hydrogens (primary N) is 1. The van der Waals surface area contributed by atoms with E-state index in [4.69, 9.17) is 5.73 Å². The number of carbonyl (C=O) groups is 1. The van der Waals surface area contributed by atoms with Gasteiger partial charge in [0.2, 0.25) is 0 Å². The van der Waals surface area contributed by atoms with Crippen LogP contribution < -0.4 is 5.73 Å². The van der Waals surface area contributed by atoms with Crippen molar-refractivity contribution in [3.05, 3.63) is 29.3 Å². The Bertz CT molecular complexity index is 399. The van der Waals surface area contributed by atoms with Gasteiger partial charge >= 0.3 is 6.18 Å². The lowest BCUT2D eigenvalue weighted by Crippen LogP contribution is -2.12. The summed E-state index contributed by atoms with van der Waals surface area (Å²) in [5, 5.41) is 0. The van der Waals surface area contributed by atoms with Crippen LogP contribution in [-0.4, -0.2) is 12.0 Å². The normalized spacial score (nSPS) is 11.5. The summed E-state index contributed by atoms with van der Waals surface area (Å²) < 4.78 is 35.8. The largest absolute Gasteiger partial charge is 0.398 e. The highest BCUT2D eigenvalue weighted by atomic mass is 19.4. The molecule has 0 heterocycles. The molecule has 1 aromatic rings. The summed E-state index contributed by atoms with van der Waals surface area (Å²) in [6.45, 7) is 1.75. The van der Waals surface area contributed by atoms with Gasteiger partial charge in [0.25, 0.3) is 0 Å². The van der Waals surface area contributed by atoms with Crippen LogP contribution in [0.3, 0.4) is 0 Å². The van der Waals surface area contributed by atoms with Gasteiger partial charge in [-0.1, -0.05) is 11.6 Å². The van der Waals surface area contributed by atoms with Gasteiger partial charge in [-0.25, -0.2) is 0 Å². The molecule has 0 aromatic heterocycles. The lowest BCUT2D eigenvalue weighted by molar-refractivity contribution is -0.133. The van der Waals surface area contributed by atoms with E-state index in [1.807, 2.05) is 0 Å². The maximum Gasteiger partial charge on any atom is 0.389 e. The van der Waals surface area contributed by atoms with Crippen LogP contribution in [0.25, 0.3) is 0 Å². The Hall–Kier alpha value is -1.52. The van der Waals surface area contributed by atoms with Crippen molar-refractivity contribution in [3.63, 3.8) is 0 Å². The third-order valence-electron chi connectivity index (χ3n) is 2.14. The molecule has 0 atom stereocenters. The number of Topliss-reactive ketones (excluding diaryl/α,β-unsaturated/α-hetero) is 1. The van der Waals surface area contributed by atoms with E-state index in [2.05, 4.69) is 0 Å². The van der Waals surface area contributed by atoms with Crippen LogP contribution in [0.4, 0.5) is 18.9 Å². The second-order valence-corrected chi connectivity index (χ2v) is 3.63. The standard InChI is InChI=1S/C11H12F3NO/c1-7-2-3-9(15)8(6-7)10(16)4-5-11(12,13)14/h2-3,6H,4-5,15H2,1H3. The molecule has 16 heavy (non-hydrogen) atoms. The maximum atomic E-state index is 11.9. The Morgan fingerprint density at radius 3 is 2.56 bits per heavy atom. The van der Waals surface area contributed by atoms with Gasteiger partial charge in [-0.15, -0.1) is 0 Å². The van der Waals surface area contributed by atoms with E-state index in [0.29, 0.717) is 0 Å². The van der Waals surface area contributed by atoms with Crippen molar-refractivity contribution in [2.75, 3.05) is 5.73 Å². The number of ketones is 1. The van der Waals surface area contributed by atoms with Gasteiger partial charge in [0.1, 0.15) is 0 Å². The third kappa shape index (κ3) is 3.56. The van der Waals surface area contributed by atoms with Crippen LogP contribution in [0.15, 0.2) is 18.2 Å². The Morgan fingerprint density at radius 2 is 2.00 bits per heavy atom. The van der Waals surface area contributed by atoms with Crippen molar-refractivity contribution >= 4 is 11.5 Å². The first-order valence-electron chi connectivity index (χ1n) is 4.75. The minimum Gasteiger partial charge on any atom is -0.398 e. The van der Waals surface area contributed by atoms with Crippen molar-refractivity contribution in [2.45, 2.75) is 25.9 Å². The lowest BCUT2D eigenvalue weighted by Gasteiger charge is -2.07. The number of nitrogen functional groups attached to an aromatic ring is 1. The van der Waals surface area contributed by atoms with E-state index >= 15 is 0 Å². The zero-order valence-electron chi connectivity index (χ0n) is 8.77. The van der Waals surface area contributed by atoms with Crippen LogP contribution in [-0.2, 0) is 0 Å². The van der Waals surface area contributed by atoms with Gasteiger partial charge < -0.3 is 5.73 Å². The molecule has 5 heteroatoms. The molecule has 0 radical (unpaired) electrons. The van der Waals surface area contributed by atoms with Crippen LogP contribution in [0.5, 0.6) is 0 Å². The molecular weight excluding hydrogens is 219 g/mol. The molecule has 0 bridgehead atoms. The van der Waals surface area contributed by atoms with Crippen LogP contribution in [0.2, 0.25) is 0 Å². The predicted octanol–water partition coefficient (Wildman–Crippen LogP) is 3.10. The minimum absolute atomic E-state index is 0.171. The number of rotatable bonds is 3. The molecule has 0 aliphatic rings. The van der Waals surface area contributed by atoms with E-state index in [0.717, 1.165) is 5.56 Å². The van der Waals surface area contributed by atoms with E-state index in [1.54, 1.807) is 13.0 Å². The molecule has 1 aromatic carbocycles. The summed E-state index contributed by atoms with van der Waals surface area (Å²) in [6.07, 6.45) is -5.98. The fourth-order valence-electron chi connectivity index (χ4n) is 1.30. The van der Waals surface area contributed by atoms with Crippen LogP contribution >= 0.6 is 0 Å². The molecule has 0 aliphatic heterocycles. The highest BCUT2D eigenvalue weighted by molar-refractivity contribution is 6.00. The SMILES string of the molecule is Cc1ccc(N)c(C(=O)CCC(F)(F)F)c1.